The number of hydrogen-bond acceptors (Lipinski definition) is 7. The first-order valence-corrected chi connectivity index (χ1v) is 8.26. The summed E-state index contributed by atoms with van der Waals surface area (Å²) in [5.74, 6) is -1.75. The van der Waals surface area contributed by atoms with Crippen molar-refractivity contribution >= 4 is 23.2 Å². The molecule has 1 unspecified atom stereocenters. The molecule has 8 nitrogen and oxygen atoms in total. The number of rotatable bonds is 5. The molecule has 3 N–H and O–H groups in total. The maximum atomic E-state index is 13.8. The summed E-state index contributed by atoms with van der Waals surface area (Å²) in [5.41, 5.74) is 5.68. The second-order valence-corrected chi connectivity index (χ2v) is 6.31. The maximum Gasteiger partial charge on any atom is 0.270 e. The molecule has 0 aromatic carbocycles. The van der Waals surface area contributed by atoms with E-state index in [1.54, 1.807) is 13.0 Å². The molecule has 10 heteroatoms. The second-order valence-electron chi connectivity index (χ2n) is 5.25. The molecule has 132 valence electrons. The molecular formula is C16H13FN6O2S. The summed E-state index contributed by atoms with van der Waals surface area (Å²) >= 11 is 1.10. The Morgan fingerprint density at radius 2 is 2.08 bits per heavy atom. The SMILES string of the molecule is CC(NC(=O)c1cc(-c2cccnc2F)ncn1)c1ncc(C(N)=O)s1. The standard InChI is InChI=1S/C16H13FN6O2S/c1-8(16-20-6-12(26-16)14(18)24)23-15(25)11-5-10(21-7-22-11)9-3-2-4-19-13(9)17/h2-8H,1H3,(H2,18,24)(H,23,25). The minimum atomic E-state index is -0.687. The Labute approximate surface area is 151 Å². The molecule has 3 aromatic rings. The van der Waals surface area contributed by atoms with Crippen LogP contribution in [0.15, 0.2) is 36.9 Å². The normalized spacial score (nSPS) is 11.8. The summed E-state index contributed by atoms with van der Waals surface area (Å²) in [5, 5.41) is 3.24. The molecule has 1 atom stereocenters. The number of amides is 2. The molecule has 0 saturated heterocycles. The van der Waals surface area contributed by atoms with Crippen LogP contribution in [0.2, 0.25) is 0 Å². The van der Waals surface area contributed by atoms with E-state index in [2.05, 4.69) is 25.3 Å². The van der Waals surface area contributed by atoms with Crippen molar-refractivity contribution < 1.29 is 14.0 Å². The van der Waals surface area contributed by atoms with Crippen LogP contribution in [0.3, 0.4) is 0 Å². The number of halogens is 1. The molecule has 0 aliphatic carbocycles. The maximum absolute atomic E-state index is 13.8. The van der Waals surface area contributed by atoms with Gasteiger partial charge in [0.25, 0.3) is 11.8 Å². The van der Waals surface area contributed by atoms with E-state index in [0.29, 0.717) is 9.88 Å². The average molecular weight is 372 g/mol. The lowest BCUT2D eigenvalue weighted by Crippen LogP contribution is -2.27. The number of nitrogens with one attached hydrogen (secondary N) is 1. The van der Waals surface area contributed by atoms with Gasteiger partial charge in [-0.05, 0) is 25.1 Å². The third-order valence-electron chi connectivity index (χ3n) is 3.42. The van der Waals surface area contributed by atoms with Gasteiger partial charge >= 0.3 is 0 Å². The molecule has 2 amide bonds. The molecule has 0 aliphatic heterocycles. The highest BCUT2D eigenvalue weighted by atomic mass is 32.1. The first-order valence-electron chi connectivity index (χ1n) is 7.45. The van der Waals surface area contributed by atoms with Crippen LogP contribution < -0.4 is 11.1 Å². The summed E-state index contributed by atoms with van der Waals surface area (Å²) < 4.78 is 13.8. The number of carbonyl (C=O) groups is 2. The average Bonchev–Trinajstić information content (AvgIpc) is 3.13. The van der Waals surface area contributed by atoms with E-state index in [0.717, 1.165) is 11.3 Å². The molecule has 0 saturated carbocycles. The minimum Gasteiger partial charge on any atom is -0.365 e. The highest BCUT2D eigenvalue weighted by Crippen LogP contribution is 2.21. The Balaban J connectivity index is 1.78. The zero-order chi connectivity index (χ0) is 18.7. The summed E-state index contributed by atoms with van der Waals surface area (Å²) in [7, 11) is 0. The number of nitrogens with two attached hydrogens (primary N) is 1. The van der Waals surface area contributed by atoms with E-state index in [4.69, 9.17) is 5.73 Å². The number of primary amides is 1. The highest BCUT2D eigenvalue weighted by molar-refractivity contribution is 7.13. The molecule has 0 bridgehead atoms. The lowest BCUT2D eigenvalue weighted by Gasteiger charge is -2.11. The van der Waals surface area contributed by atoms with Crippen molar-refractivity contribution in [3.63, 3.8) is 0 Å². The molecule has 3 rings (SSSR count). The van der Waals surface area contributed by atoms with E-state index < -0.39 is 23.8 Å². The molecule has 26 heavy (non-hydrogen) atoms. The Morgan fingerprint density at radius 1 is 1.27 bits per heavy atom. The van der Waals surface area contributed by atoms with E-state index in [-0.39, 0.29) is 17.0 Å². The van der Waals surface area contributed by atoms with E-state index >= 15 is 0 Å². The zero-order valence-corrected chi connectivity index (χ0v) is 14.3. The number of nitrogens with zero attached hydrogens (tertiary/aromatic N) is 4. The van der Waals surface area contributed by atoms with Crippen molar-refractivity contribution in [1.29, 1.82) is 0 Å². The number of thiazole rings is 1. The van der Waals surface area contributed by atoms with Crippen LogP contribution in [0.1, 0.15) is 38.1 Å². The molecule has 0 spiro atoms. The van der Waals surface area contributed by atoms with Crippen molar-refractivity contribution in [2.24, 2.45) is 5.73 Å². The van der Waals surface area contributed by atoms with Gasteiger partial charge in [0.2, 0.25) is 5.95 Å². The summed E-state index contributed by atoms with van der Waals surface area (Å²) in [6.07, 6.45) is 3.86. The topological polar surface area (TPSA) is 124 Å². The fourth-order valence-electron chi connectivity index (χ4n) is 2.14. The van der Waals surface area contributed by atoms with Gasteiger partial charge in [0, 0.05) is 6.20 Å². The number of pyridine rings is 1. The molecule has 0 aliphatic rings. The van der Waals surface area contributed by atoms with Crippen molar-refractivity contribution in [2.45, 2.75) is 13.0 Å². The van der Waals surface area contributed by atoms with E-state index in [1.807, 2.05) is 0 Å². The van der Waals surface area contributed by atoms with Gasteiger partial charge in [-0.25, -0.2) is 19.9 Å². The van der Waals surface area contributed by atoms with E-state index in [9.17, 15) is 14.0 Å². The van der Waals surface area contributed by atoms with Crippen LogP contribution in [0.4, 0.5) is 4.39 Å². The molecule has 3 aromatic heterocycles. The molecule has 0 radical (unpaired) electrons. The minimum absolute atomic E-state index is 0.0665. The predicted octanol–water partition coefficient (Wildman–Crippen LogP) is 1.72. The van der Waals surface area contributed by atoms with Gasteiger partial charge in [-0.2, -0.15) is 4.39 Å². The molecular weight excluding hydrogens is 359 g/mol. The lowest BCUT2D eigenvalue weighted by atomic mass is 10.1. The predicted molar refractivity (Wildman–Crippen MR) is 91.7 cm³/mol. The van der Waals surface area contributed by atoms with Crippen molar-refractivity contribution in [3.05, 3.63) is 58.4 Å². The summed E-state index contributed by atoms with van der Waals surface area (Å²) in [6, 6.07) is 3.99. The largest absolute Gasteiger partial charge is 0.365 e. The zero-order valence-electron chi connectivity index (χ0n) is 13.5. The molecule has 3 heterocycles. The summed E-state index contributed by atoms with van der Waals surface area (Å²) in [4.78, 5) is 39.4. The van der Waals surface area contributed by atoms with E-state index in [1.165, 1.54) is 30.9 Å². The number of carbonyl (C=O) groups excluding carboxylic acids is 2. The highest BCUT2D eigenvalue weighted by Gasteiger charge is 2.18. The van der Waals surface area contributed by atoms with Gasteiger partial charge in [-0.3, -0.25) is 9.59 Å². The Kier molecular flexibility index (Phi) is 4.94. The third-order valence-corrected chi connectivity index (χ3v) is 4.61. The van der Waals surface area contributed by atoms with Crippen LogP contribution in [0.5, 0.6) is 0 Å². The molecule has 0 fully saturated rings. The van der Waals surface area contributed by atoms with Gasteiger partial charge in [0.15, 0.2) is 0 Å². The van der Waals surface area contributed by atoms with Crippen LogP contribution in [-0.4, -0.2) is 31.8 Å². The second kappa shape index (κ2) is 7.31. The fraction of sp³-hybridized carbons (Fsp3) is 0.125. The third kappa shape index (κ3) is 3.70. The Hall–Kier alpha value is -3.27. The first-order chi connectivity index (χ1) is 12.5. The van der Waals surface area contributed by atoms with Gasteiger partial charge < -0.3 is 11.1 Å². The van der Waals surface area contributed by atoms with Gasteiger partial charge in [-0.15, -0.1) is 11.3 Å². The van der Waals surface area contributed by atoms with Gasteiger partial charge in [-0.1, -0.05) is 0 Å². The fourth-order valence-corrected chi connectivity index (χ4v) is 2.91. The smallest absolute Gasteiger partial charge is 0.270 e. The monoisotopic (exact) mass is 372 g/mol. The van der Waals surface area contributed by atoms with Gasteiger partial charge in [0.05, 0.1) is 23.5 Å². The summed E-state index contributed by atoms with van der Waals surface area (Å²) in [6.45, 7) is 1.71. The number of hydrogen-bond donors (Lipinski definition) is 2. The first kappa shape index (κ1) is 17.5. The van der Waals surface area contributed by atoms with Crippen LogP contribution in [0, 0.1) is 5.95 Å². The quantitative estimate of drug-likeness (QED) is 0.657. The number of aromatic nitrogens is 4. The Morgan fingerprint density at radius 3 is 2.77 bits per heavy atom. The lowest BCUT2D eigenvalue weighted by molar-refractivity contribution is 0.0933. The van der Waals surface area contributed by atoms with Crippen molar-refractivity contribution in [1.82, 2.24) is 25.3 Å². The van der Waals surface area contributed by atoms with Crippen LogP contribution >= 0.6 is 11.3 Å². The van der Waals surface area contributed by atoms with Crippen molar-refractivity contribution in [3.8, 4) is 11.3 Å². The van der Waals surface area contributed by atoms with Crippen LogP contribution in [-0.2, 0) is 0 Å². The van der Waals surface area contributed by atoms with Crippen molar-refractivity contribution in [2.75, 3.05) is 0 Å². The van der Waals surface area contributed by atoms with Gasteiger partial charge in [0.1, 0.15) is 21.9 Å². The van der Waals surface area contributed by atoms with Crippen LogP contribution in [0.25, 0.3) is 11.3 Å². The Bertz CT molecular complexity index is 977.